The molecular weight excluding hydrogens is 364 g/mol. The Balaban J connectivity index is 2.30. The van der Waals surface area contributed by atoms with Gasteiger partial charge in [-0.05, 0) is 39.5 Å². The summed E-state index contributed by atoms with van der Waals surface area (Å²) in [6.45, 7) is 0.548. The summed E-state index contributed by atoms with van der Waals surface area (Å²) in [5.41, 5.74) is 6.97. The summed E-state index contributed by atoms with van der Waals surface area (Å²) in [6, 6.07) is 5.11. The van der Waals surface area contributed by atoms with Crippen molar-refractivity contribution >= 4 is 56.2 Å². The van der Waals surface area contributed by atoms with Crippen LogP contribution in [-0.4, -0.2) is 13.1 Å². The standard InChI is InChI=1S/C13H12BrClN2O2S/c1-19-13(18)8-4-7(16)5-10(15)12(8)17-6-11-9(14)2-3-20-11/h2-5,17H,6,16H2,1H3. The van der Waals surface area contributed by atoms with E-state index in [2.05, 4.69) is 21.2 Å². The third-order valence-electron chi connectivity index (χ3n) is 2.63. The molecule has 0 aliphatic heterocycles. The molecule has 2 rings (SSSR count). The lowest BCUT2D eigenvalue weighted by molar-refractivity contribution is 0.0602. The number of carbonyl (C=O) groups is 1. The van der Waals surface area contributed by atoms with E-state index in [4.69, 9.17) is 22.1 Å². The number of nitrogens with two attached hydrogens (primary N) is 1. The molecule has 1 aromatic heterocycles. The molecule has 3 N–H and O–H groups in total. The largest absolute Gasteiger partial charge is 0.465 e. The van der Waals surface area contributed by atoms with E-state index in [-0.39, 0.29) is 0 Å². The van der Waals surface area contributed by atoms with Gasteiger partial charge in [-0.2, -0.15) is 0 Å². The van der Waals surface area contributed by atoms with Gasteiger partial charge in [-0.25, -0.2) is 4.79 Å². The van der Waals surface area contributed by atoms with Crippen LogP contribution in [0.1, 0.15) is 15.2 Å². The van der Waals surface area contributed by atoms with E-state index in [1.807, 2.05) is 11.4 Å². The van der Waals surface area contributed by atoms with Crippen LogP contribution in [0.5, 0.6) is 0 Å². The van der Waals surface area contributed by atoms with Crippen LogP contribution in [-0.2, 0) is 11.3 Å². The van der Waals surface area contributed by atoms with Gasteiger partial charge in [-0.15, -0.1) is 11.3 Å². The quantitative estimate of drug-likeness (QED) is 0.622. The van der Waals surface area contributed by atoms with E-state index in [1.54, 1.807) is 23.5 Å². The summed E-state index contributed by atoms with van der Waals surface area (Å²) >= 11 is 11.2. The highest BCUT2D eigenvalue weighted by atomic mass is 79.9. The molecule has 0 amide bonds. The first kappa shape index (κ1) is 15.2. The number of nitrogen functional groups attached to an aromatic ring is 1. The smallest absolute Gasteiger partial charge is 0.340 e. The van der Waals surface area contributed by atoms with Gasteiger partial charge in [-0.1, -0.05) is 11.6 Å². The number of rotatable bonds is 4. The highest BCUT2D eigenvalue weighted by molar-refractivity contribution is 9.10. The number of esters is 1. The fraction of sp³-hybridized carbons (Fsp3) is 0.154. The lowest BCUT2D eigenvalue weighted by atomic mass is 10.1. The number of benzene rings is 1. The molecule has 0 unspecified atom stereocenters. The minimum Gasteiger partial charge on any atom is -0.465 e. The van der Waals surface area contributed by atoms with E-state index >= 15 is 0 Å². The number of hydrogen-bond donors (Lipinski definition) is 2. The molecule has 20 heavy (non-hydrogen) atoms. The van der Waals surface area contributed by atoms with Gasteiger partial charge in [0, 0.05) is 15.0 Å². The van der Waals surface area contributed by atoms with E-state index in [1.165, 1.54) is 7.11 Å². The Morgan fingerprint density at radius 1 is 1.55 bits per heavy atom. The maximum absolute atomic E-state index is 11.8. The van der Waals surface area contributed by atoms with Crippen molar-refractivity contribution in [2.75, 3.05) is 18.2 Å². The zero-order valence-corrected chi connectivity index (χ0v) is 13.7. The minimum absolute atomic E-state index is 0.324. The number of thiophene rings is 1. The number of halogens is 2. The Morgan fingerprint density at radius 2 is 2.30 bits per heavy atom. The van der Waals surface area contributed by atoms with Crippen LogP contribution < -0.4 is 11.1 Å². The summed E-state index contributed by atoms with van der Waals surface area (Å²) in [7, 11) is 1.32. The molecule has 0 saturated heterocycles. The lowest BCUT2D eigenvalue weighted by Crippen LogP contribution is -2.09. The first-order valence-corrected chi connectivity index (χ1v) is 7.71. The molecule has 0 aliphatic carbocycles. The van der Waals surface area contributed by atoms with Crippen LogP contribution >= 0.6 is 38.9 Å². The molecule has 106 valence electrons. The van der Waals surface area contributed by atoms with Gasteiger partial charge in [0.1, 0.15) is 0 Å². The van der Waals surface area contributed by atoms with E-state index in [0.717, 1.165) is 9.35 Å². The normalized spacial score (nSPS) is 10.3. The monoisotopic (exact) mass is 374 g/mol. The van der Waals surface area contributed by atoms with Crippen molar-refractivity contribution in [1.82, 2.24) is 0 Å². The topological polar surface area (TPSA) is 64.3 Å². The van der Waals surface area contributed by atoms with Crippen molar-refractivity contribution in [2.24, 2.45) is 0 Å². The van der Waals surface area contributed by atoms with Gasteiger partial charge in [0.25, 0.3) is 0 Å². The number of methoxy groups -OCH3 is 1. The minimum atomic E-state index is -0.480. The molecule has 0 aliphatic rings. The predicted molar refractivity (Wildman–Crippen MR) is 86.5 cm³/mol. The van der Waals surface area contributed by atoms with Gasteiger partial charge in [0.05, 0.1) is 29.9 Å². The summed E-state index contributed by atoms with van der Waals surface area (Å²) in [5.74, 6) is -0.480. The van der Waals surface area contributed by atoms with Gasteiger partial charge >= 0.3 is 5.97 Å². The number of nitrogens with one attached hydrogen (secondary N) is 1. The van der Waals surface area contributed by atoms with Gasteiger partial charge in [-0.3, -0.25) is 0 Å². The van der Waals surface area contributed by atoms with Crippen molar-refractivity contribution in [3.05, 3.63) is 43.5 Å². The summed E-state index contributed by atoms with van der Waals surface area (Å²) in [6.07, 6.45) is 0. The SMILES string of the molecule is COC(=O)c1cc(N)cc(Cl)c1NCc1sccc1Br. The molecule has 0 saturated carbocycles. The molecule has 1 aromatic carbocycles. The van der Waals surface area contributed by atoms with Gasteiger partial charge in [0.15, 0.2) is 0 Å². The fourth-order valence-electron chi connectivity index (χ4n) is 1.70. The predicted octanol–water partition coefficient (Wildman–Crippen LogP) is 4.14. The van der Waals surface area contributed by atoms with E-state index in [9.17, 15) is 4.79 Å². The molecular formula is C13H12BrClN2O2S. The second kappa shape index (κ2) is 6.47. The molecule has 4 nitrogen and oxygen atoms in total. The zero-order valence-electron chi connectivity index (χ0n) is 10.6. The first-order chi connectivity index (χ1) is 9.52. The van der Waals surface area contributed by atoms with Crippen molar-refractivity contribution in [2.45, 2.75) is 6.54 Å². The zero-order chi connectivity index (χ0) is 14.7. The molecule has 7 heteroatoms. The van der Waals surface area contributed by atoms with Gasteiger partial charge in [0.2, 0.25) is 0 Å². The third-order valence-corrected chi connectivity index (χ3v) is 4.86. The molecule has 0 fully saturated rings. The van der Waals surface area contributed by atoms with Crippen molar-refractivity contribution in [1.29, 1.82) is 0 Å². The summed E-state index contributed by atoms with van der Waals surface area (Å²) in [4.78, 5) is 12.9. The number of hydrogen-bond acceptors (Lipinski definition) is 5. The van der Waals surface area contributed by atoms with Crippen molar-refractivity contribution < 1.29 is 9.53 Å². The molecule has 1 heterocycles. The van der Waals surface area contributed by atoms with Crippen molar-refractivity contribution in [3.63, 3.8) is 0 Å². The van der Waals surface area contributed by atoms with Crippen molar-refractivity contribution in [3.8, 4) is 0 Å². The Kier molecular flexibility index (Phi) is 4.91. The molecule has 0 atom stereocenters. The maximum Gasteiger partial charge on any atom is 0.340 e. The van der Waals surface area contributed by atoms with Crippen LogP contribution in [0, 0.1) is 0 Å². The number of ether oxygens (including phenoxy) is 1. The van der Waals surface area contributed by atoms with Crippen LogP contribution in [0.3, 0.4) is 0 Å². The molecule has 0 bridgehead atoms. The summed E-state index contributed by atoms with van der Waals surface area (Å²) < 4.78 is 5.76. The van der Waals surface area contributed by atoms with Crippen LogP contribution in [0.25, 0.3) is 0 Å². The first-order valence-electron chi connectivity index (χ1n) is 5.66. The van der Waals surface area contributed by atoms with E-state index in [0.29, 0.717) is 28.5 Å². The Hall–Kier alpha value is -1.24. The summed E-state index contributed by atoms with van der Waals surface area (Å²) in [5, 5.41) is 5.53. The fourth-order valence-corrected chi connectivity index (χ4v) is 3.42. The average molecular weight is 376 g/mol. The highest BCUT2D eigenvalue weighted by Crippen LogP contribution is 2.31. The Bertz CT molecular complexity index is 645. The van der Waals surface area contributed by atoms with E-state index < -0.39 is 5.97 Å². The van der Waals surface area contributed by atoms with Crippen LogP contribution in [0.15, 0.2) is 28.1 Å². The Labute approximate surface area is 134 Å². The molecule has 2 aromatic rings. The average Bonchev–Trinajstić information content (AvgIpc) is 2.81. The second-order valence-corrected chi connectivity index (χ2v) is 6.22. The lowest BCUT2D eigenvalue weighted by Gasteiger charge is -2.13. The van der Waals surface area contributed by atoms with Gasteiger partial charge < -0.3 is 15.8 Å². The van der Waals surface area contributed by atoms with Crippen LogP contribution in [0.4, 0.5) is 11.4 Å². The van der Waals surface area contributed by atoms with Crippen LogP contribution in [0.2, 0.25) is 5.02 Å². The Morgan fingerprint density at radius 3 is 2.90 bits per heavy atom. The maximum atomic E-state index is 11.8. The number of carbonyl (C=O) groups excluding carboxylic acids is 1. The number of anilines is 2. The molecule has 0 spiro atoms. The third kappa shape index (κ3) is 3.26. The molecule has 0 radical (unpaired) electrons. The highest BCUT2D eigenvalue weighted by Gasteiger charge is 2.16. The second-order valence-electron chi connectivity index (χ2n) is 3.96.